The maximum atomic E-state index is 12.3. The molecule has 1 fully saturated rings. The standard InChI is InChI=1S/C12H15ClN2O3S2/c13-10-7-8(12(14)19)1-2-11(10)20(16,17)15-9-3-5-18-6-4-9/h1-2,7,9,15H,3-6H2,(H2,14,19). The molecule has 0 radical (unpaired) electrons. The summed E-state index contributed by atoms with van der Waals surface area (Å²) >= 11 is 10.8. The fourth-order valence-electron chi connectivity index (χ4n) is 1.97. The normalized spacial score (nSPS) is 17.1. The molecule has 0 amide bonds. The van der Waals surface area contributed by atoms with Gasteiger partial charge in [0.05, 0.1) is 5.02 Å². The lowest BCUT2D eigenvalue weighted by Gasteiger charge is -2.23. The summed E-state index contributed by atoms with van der Waals surface area (Å²) in [6.07, 6.45) is 1.31. The van der Waals surface area contributed by atoms with Crippen LogP contribution in [0.2, 0.25) is 5.02 Å². The van der Waals surface area contributed by atoms with Gasteiger partial charge in [-0.15, -0.1) is 0 Å². The number of rotatable bonds is 4. The summed E-state index contributed by atoms with van der Waals surface area (Å²) < 4.78 is 32.4. The Morgan fingerprint density at radius 2 is 2.05 bits per heavy atom. The second kappa shape index (κ2) is 6.36. The second-order valence-electron chi connectivity index (χ2n) is 4.52. The minimum atomic E-state index is -3.65. The van der Waals surface area contributed by atoms with Crippen molar-refractivity contribution in [1.82, 2.24) is 4.72 Å². The number of hydrogen-bond donors (Lipinski definition) is 2. The highest BCUT2D eigenvalue weighted by atomic mass is 35.5. The van der Waals surface area contributed by atoms with Crippen molar-refractivity contribution < 1.29 is 13.2 Å². The maximum absolute atomic E-state index is 12.3. The van der Waals surface area contributed by atoms with Gasteiger partial charge in [0.1, 0.15) is 9.88 Å². The predicted molar refractivity (Wildman–Crippen MR) is 81.5 cm³/mol. The third-order valence-corrected chi connectivity index (χ3v) is 5.29. The molecule has 20 heavy (non-hydrogen) atoms. The Labute approximate surface area is 128 Å². The molecule has 5 nitrogen and oxygen atoms in total. The fourth-order valence-corrected chi connectivity index (χ4v) is 3.95. The molecule has 2 rings (SSSR count). The fraction of sp³-hybridized carbons (Fsp3) is 0.417. The lowest BCUT2D eigenvalue weighted by atomic mass is 10.1. The minimum absolute atomic E-state index is 0.0330. The number of ether oxygens (including phenoxy) is 1. The van der Waals surface area contributed by atoms with Gasteiger partial charge in [0.15, 0.2) is 0 Å². The van der Waals surface area contributed by atoms with Crippen LogP contribution >= 0.6 is 23.8 Å². The van der Waals surface area contributed by atoms with Crippen molar-refractivity contribution in [2.75, 3.05) is 13.2 Å². The van der Waals surface area contributed by atoms with E-state index in [1.165, 1.54) is 12.1 Å². The number of halogens is 1. The largest absolute Gasteiger partial charge is 0.389 e. The number of sulfonamides is 1. The van der Waals surface area contributed by atoms with Crippen LogP contribution in [0.5, 0.6) is 0 Å². The van der Waals surface area contributed by atoms with Gasteiger partial charge in [-0.1, -0.05) is 29.9 Å². The van der Waals surface area contributed by atoms with E-state index in [-0.39, 0.29) is 20.9 Å². The monoisotopic (exact) mass is 334 g/mol. The molecule has 110 valence electrons. The molecule has 1 heterocycles. The molecule has 0 atom stereocenters. The summed E-state index contributed by atoms with van der Waals surface area (Å²) in [4.78, 5) is 0.207. The van der Waals surface area contributed by atoms with Crippen molar-refractivity contribution in [3.63, 3.8) is 0 Å². The van der Waals surface area contributed by atoms with Gasteiger partial charge in [-0.05, 0) is 25.0 Å². The molecule has 0 unspecified atom stereocenters. The van der Waals surface area contributed by atoms with Gasteiger partial charge < -0.3 is 10.5 Å². The summed E-state index contributed by atoms with van der Waals surface area (Å²) in [5.74, 6) is 0. The highest BCUT2D eigenvalue weighted by Crippen LogP contribution is 2.23. The first-order valence-electron chi connectivity index (χ1n) is 6.09. The molecule has 1 aromatic rings. The quantitative estimate of drug-likeness (QED) is 0.814. The van der Waals surface area contributed by atoms with Crippen LogP contribution in [0.4, 0.5) is 0 Å². The van der Waals surface area contributed by atoms with Crippen LogP contribution in [0.3, 0.4) is 0 Å². The predicted octanol–water partition coefficient (Wildman–Crippen LogP) is 1.43. The first kappa shape index (κ1) is 15.7. The van der Waals surface area contributed by atoms with Crippen molar-refractivity contribution in [3.05, 3.63) is 28.8 Å². The molecule has 0 spiro atoms. The Kier molecular flexibility index (Phi) is 4.98. The molecule has 1 saturated heterocycles. The average molecular weight is 335 g/mol. The van der Waals surface area contributed by atoms with Crippen molar-refractivity contribution in [2.24, 2.45) is 5.73 Å². The van der Waals surface area contributed by atoms with E-state index >= 15 is 0 Å². The van der Waals surface area contributed by atoms with Gasteiger partial charge in [0, 0.05) is 24.8 Å². The first-order chi connectivity index (χ1) is 9.40. The van der Waals surface area contributed by atoms with Crippen LogP contribution in [0.1, 0.15) is 18.4 Å². The second-order valence-corrected chi connectivity index (χ2v) is 7.05. The van der Waals surface area contributed by atoms with E-state index in [0.29, 0.717) is 31.6 Å². The Hall–Kier alpha value is -0.730. The zero-order valence-electron chi connectivity index (χ0n) is 10.6. The highest BCUT2D eigenvalue weighted by molar-refractivity contribution is 7.89. The molecule has 0 aliphatic carbocycles. The van der Waals surface area contributed by atoms with Crippen molar-refractivity contribution in [1.29, 1.82) is 0 Å². The number of thiocarbonyl (C=S) groups is 1. The number of nitrogens with one attached hydrogen (secondary N) is 1. The van der Waals surface area contributed by atoms with Crippen molar-refractivity contribution >= 4 is 38.8 Å². The van der Waals surface area contributed by atoms with E-state index in [9.17, 15) is 8.42 Å². The molecule has 0 saturated carbocycles. The van der Waals surface area contributed by atoms with Crippen LogP contribution in [-0.4, -0.2) is 32.7 Å². The Balaban J connectivity index is 2.22. The van der Waals surface area contributed by atoms with Gasteiger partial charge in [-0.25, -0.2) is 13.1 Å². The van der Waals surface area contributed by atoms with Crippen molar-refractivity contribution in [2.45, 2.75) is 23.8 Å². The smallest absolute Gasteiger partial charge is 0.242 e. The third-order valence-electron chi connectivity index (χ3n) is 3.05. The summed E-state index contributed by atoms with van der Waals surface area (Å²) in [6.45, 7) is 1.11. The number of benzene rings is 1. The Morgan fingerprint density at radius 3 is 2.60 bits per heavy atom. The van der Waals surface area contributed by atoms with E-state index < -0.39 is 10.0 Å². The molecular formula is C12H15ClN2O3S2. The summed E-state index contributed by atoms with van der Waals surface area (Å²) in [7, 11) is -3.65. The Morgan fingerprint density at radius 1 is 1.40 bits per heavy atom. The van der Waals surface area contributed by atoms with E-state index in [4.69, 9.17) is 34.3 Å². The molecule has 1 aliphatic heterocycles. The van der Waals surface area contributed by atoms with E-state index in [0.717, 1.165) is 0 Å². The van der Waals surface area contributed by atoms with Crippen LogP contribution in [0.15, 0.2) is 23.1 Å². The highest BCUT2D eigenvalue weighted by Gasteiger charge is 2.24. The lowest BCUT2D eigenvalue weighted by Crippen LogP contribution is -2.38. The molecule has 1 aromatic carbocycles. The van der Waals surface area contributed by atoms with Crippen LogP contribution in [0.25, 0.3) is 0 Å². The molecule has 0 bridgehead atoms. The first-order valence-corrected chi connectivity index (χ1v) is 8.36. The summed E-state index contributed by atoms with van der Waals surface area (Å²) in [5, 5.41) is 0.106. The number of hydrogen-bond acceptors (Lipinski definition) is 4. The lowest BCUT2D eigenvalue weighted by molar-refractivity contribution is 0.0832. The van der Waals surface area contributed by atoms with E-state index in [1.54, 1.807) is 6.07 Å². The van der Waals surface area contributed by atoms with Crippen molar-refractivity contribution in [3.8, 4) is 0 Å². The average Bonchev–Trinajstić information content (AvgIpc) is 2.38. The van der Waals surface area contributed by atoms with Gasteiger partial charge in [-0.2, -0.15) is 0 Å². The molecular weight excluding hydrogens is 320 g/mol. The van der Waals surface area contributed by atoms with Crippen LogP contribution in [0, 0.1) is 0 Å². The SMILES string of the molecule is NC(=S)c1ccc(S(=O)(=O)NC2CCOCC2)c(Cl)c1. The molecule has 8 heteroatoms. The number of nitrogens with two attached hydrogens (primary N) is 1. The topological polar surface area (TPSA) is 81.4 Å². The van der Waals surface area contributed by atoms with Crippen LogP contribution < -0.4 is 10.5 Å². The van der Waals surface area contributed by atoms with E-state index in [2.05, 4.69) is 4.72 Å². The third kappa shape index (κ3) is 3.67. The zero-order valence-corrected chi connectivity index (χ0v) is 13.0. The zero-order chi connectivity index (χ0) is 14.8. The Bertz CT molecular complexity index is 613. The molecule has 0 aromatic heterocycles. The molecule has 3 N–H and O–H groups in total. The van der Waals surface area contributed by atoms with Gasteiger partial charge >= 0.3 is 0 Å². The van der Waals surface area contributed by atoms with Gasteiger partial charge in [0.2, 0.25) is 10.0 Å². The van der Waals surface area contributed by atoms with E-state index in [1.807, 2.05) is 0 Å². The maximum Gasteiger partial charge on any atom is 0.242 e. The summed E-state index contributed by atoms with van der Waals surface area (Å²) in [5.41, 5.74) is 6.02. The van der Waals surface area contributed by atoms with Crippen LogP contribution in [-0.2, 0) is 14.8 Å². The van der Waals surface area contributed by atoms with Gasteiger partial charge in [-0.3, -0.25) is 0 Å². The molecule has 1 aliphatic rings. The van der Waals surface area contributed by atoms with Gasteiger partial charge in [0.25, 0.3) is 0 Å². The summed E-state index contributed by atoms with van der Waals surface area (Å²) in [6, 6.07) is 4.30. The minimum Gasteiger partial charge on any atom is -0.389 e.